The number of aliphatic hydroxyl groups is 2. The molecule has 2 aromatic rings. The Labute approximate surface area is 184 Å². The number of nitrogens with zero attached hydrogens (tertiary/aromatic N) is 2. The second-order valence-electron chi connectivity index (χ2n) is 7.93. The first-order valence-electron chi connectivity index (χ1n) is 9.94. The molecule has 2 amide bonds. The van der Waals surface area contributed by atoms with E-state index in [-0.39, 0.29) is 9.09 Å². The number of carbonyl (C=O) groups is 1. The van der Waals surface area contributed by atoms with Gasteiger partial charge < -0.3 is 24.1 Å². The van der Waals surface area contributed by atoms with E-state index in [1.807, 2.05) is 0 Å². The molecule has 0 radical (unpaired) electrons. The SMILES string of the molecule is CC(O)(CO)c1cc(F)c([S-](=O)=NC(=O)Nc2c3c(c(C#N)c4c2CCC4)CCC3)s1. The number of fused-ring (bicyclic) bond motifs is 2. The first kappa shape index (κ1) is 21.9. The van der Waals surface area contributed by atoms with E-state index in [2.05, 4.69) is 15.7 Å². The normalized spacial score (nSPS) is 17.6. The average molecular weight is 463 g/mol. The van der Waals surface area contributed by atoms with Gasteiger partial charge in [-0.05, 0) is 78.0 Å². The van der Waals surface area contributed by atoms with Crippen molar-refractivity contribution in [3.05, 3.63) is 44.6 Å². The van der Waals surface area contributed by atoms with Crippen molar-refractivity contribution in [1.29, 1.82) is 5.26 Å². The van der Waals surface area contributed by atoms with Crippen LogP contribution in [-0.2, 0) is 46.1 Å². The molecule has 10 heteroatoms. The van der Waals surface area contributed by atoms with Crippen molar-refractivity contribution < 1.29 is 23.6 Å². The molecule has 2 aliphatic carbocycles. The molecule has 4 rings (SSSR count). The highest BCUT2D eigenvalue weighted by molar-refractivity contribution is 7.78. The molecule has 3 N–H and O–H groups in total. The molecule has 1 heterocycles. The molecular weight excluding hydrogens is 441 g/mol. The lowest BCUT2D eigenvalue weighted by atomic mass is 9.93. The first-order valence-corrected chi connectivity index (χ1v) is 11.9. The summed E-state index contributed by atoms with van der Waals surface area (Å²) in [6.07, 6.45) is 4.85. The zero-order valence-electron chi connectivity index (χ0n) is 16.8. The molecule has 0 spiro atoms. The lowest BCUT2D eigenvalue weighted by molar-refractivity contribution is 0.000654. The van der Waals surface area contributed by atoms with Crippen molar-refractivity contribution in [2.24, 2.45) is 4.36 Å². The van der Waals surface area contributed by atoms with Crippen LogP contribution < -0.4 is 5.32 Å². The molecular formula is C21H21FN3O4S2-. The number of aliphatic hydroxyl groups excluding tert-OH is 1. The third-order valence-electron chi connectivity index (χ3n) is 5.81. The van der Waals surface area contributed by atoms with Gasteiger partial charge in [-0.1, -0.05) is 0 Å². The van der Waals surface area contributed by atoms with Crippen molar-refractivity contribution in [3.8, 4) is 6.07 Å². The van der Waals surface area contributed by atoms with Gasteiger partial charge in [0.1, 0.15) is 11.4 Å². The monoisotopic (exact) mass is 462 g/mol. The Bertz CT molecular complexity index is 1170. The van der Waals surface area contributed by atoms with Gasteiger partial charge in [0.25, 0.3) is 0 Å². The molecule has 0 aliphatic heterocycles. The zero-order valence-corrected chi connectivity index (χ0v) is 18.5. The summed E-state index contributed by atoms with van der Waals surface area (Å²) in [7, 11) is -2.31. The number of hydrogen-bond acceptors (Lipinski definition) is 7. The van der Waals surface area contributed by atoms with Gasteiger partial charge in [-0.15, -0.1) is 10.6 Å². The lowest BCUT2D eigenvalue weighted by Crippen LogP contribution is -2.24. The van der Waals surface area contributed by atoms with Crippen molar-refractivity contribution in [1.82, 2.24) is 0 Å². The van der Waals surface area contributed by atoms with Crippen LogP contribution in [0.15, 0.2) is 14.6 Å². The molecule has 0 fully saturated rings. The van der Waals surface area contributed by atoms with Gasteiger partial charge in [-0.2, -0.15) is 16.6 Å². The van der Waals surface area contributed by atoms with E-state index in [1.165, 1.54) is 6.92 Å². The highest BCUT2D eigenvalue weighted by Gasteiger charge is 2.29. The summed E-state index contributed by atoms with van der Waals surface area (Å²) in [6.45, 7) is 0.673. The van der Waals surface area contributed by atoms with E-state index in [1.54, 1.807) is 0 Å². The molecule has 1 unspecified atom stereocenters. The Morgan fingerprint density at radius 3 is 2.42 bits per heavy atom. The number of carbonyl (C=O) groups excluding carboxylic acids is 1. The molecule has 31 heavy (non-hydrogen) atoms. The summed E-state index contributed by atoms with van der Waals surface area (Å²) < 4.78 is 30.1. The maximum absolute atomic E-state index is 14.2. The lowest BCUT2D eigenvalue weighted by Gasteiger charge is -2.18. The number of rotatable bonds is 4. The van der Waals surface area contributed by atoms with Crippen LogP contribution in [-0.4, -0.2) is 22.9 Å². The quantitative estimate of drug-likeness (QED) is 0.598. The van der Waals surface area contributed by atoms with E-state index < -0.39 is 34.7 Å². The molecule has 2 aliphatic rings. The number of amides is 2. The van der Waals surface area contributed by atoms with Crippen LogP contribution in [0.5, 0.6) is 0 Å². The minimum Gasteiger partial charge on any atom is -0.439 e. The third-order valence-corrected chi connectivity index (χ3v) is 8.48. The summed E-state index contributed by atoms with van der Waals surface area (Å²) >= 11 is 0.698. The number of hydrogen-bond donors (Lipinski definition) is 3. The standard InChI is InChI=1S/C21H21FN3O4S2/c1-21(28,10-26)17-8-16(22)19(30-17)31(29)25-20(27)24-18-13-6-2-4-11(13)15(9-23)12-5-3-7-14(12)18/h8,26,28H,2-7,10H2,1H3,(H,24,27)/q-1. The highest BCUT2D eigenvalue weighted by atomic mass is 32.2. The van der Waals surface area contributed by atoms with E-state index in [4.69, 9.17) is 0 Å². The number of benzene rings is 1. The Kier molecular flexibility index (Phi) is 5.87. The molecule has 0 saturated carbocycles. The first-order chi connectivity index (χ1) is 14.8. The summed E-state index contributed by atoms with van der Waals surface area (Å²) in [6, 6.07) is 2.46. The van der Waals surface area contributed by atoms with Gasteiger partial charge in [0.15, 0.2) is 0 Å². The number of nitriles is 1. The summed E-state index contributed by atoms with van der Waals surface area (Å²) in [5, 5.41) is 31.7. The van der Waals surface area contributed by atoms with Gasteiger partial charge in [-0.25, -0.2) is 9.18 Å². The molecule has 1 aromatic heterocycles. The molecule has 7 nitrogen and oxygen atoms in total. The van der Waals surface area contributed by atoms with E-state index in [0.717, 1.165) is 72.4 Å². The van der Waals surface area contributed by atoms with Gasteiger partial charge >= 0.3 is 6.03 Å². The second kappa shape index (κ2) is 8.31. The fraction of sp³-hybridized carbons (Fsp3) is 0.429. The smallest absolute Gasteiger partial charge is 0.322 e. The van der Waals surface area contributed by atoms with Crippen molar-refractivity contribution >= 4 is 33.7 Å². The average Bonchev–Trinajstić information content (AvgIpc) is 3.47. The number of thiophene rings is 1. The Morgan fingerprint density at radius 1 is 1.29 bits per heavy atom. The van der Waals surface area contributed by atoms with E-state index >= 15 is 0 Å². The van der Waals surface area contributed by atoms with Crippen LogP contribution in [0, 0.1) is 17.1 Å². The fourth-order valence-corrected chi connectivity index (χ4v) is 6.28. The third kappa shape index (κ3) is 3.87. The Hall–Kier alpha value is -2.32. The minimum absolute atomic E-state index is 0.0918. The van der Waals surface area contributed by atoms with Crippen molar-refractivity contribution in [3.63, 3.8) is 0 Å². The minimum atomic E-state index is -2.31. The van der Waals surface area contributed by atoms with Gasteiger partial charge in [-0.3, -0.25) is 0 Å². The van der Waals surface area contributed by atoms with Crippen molar-refractivity contribution in [2.45, 2.75) is 55.3 Å². The van der Waals surface area contributed by atoms with Crippen molar-refractivity contribution in [2.75, 3.05) is 11.9 Å². The summed E-state index contributed by atoms with van der Waals surface area (Å²) in [5.74, 6) is -0.858. The molecule has 0 bridgehead atoms. The Morgan fingerprint density at radius 2 is 1.87 bits per heavy atom. The van der Waals surface area contributed by atoms with Gasteiger partial charge in [0.2, 0.25) is 0 Å². The Balaban J connectivity index is 1.66. The largest absolute Gasteiger partial charge is 0.439 e. The zero-order chi connectivity index (χ0) is 22.3. The highest BCUT2D eigenvalue weighted by Crippen LogP contribution is 2.41. The second-order valence-corrected chi connectivity index (χ2v) is 10.3. The predicted octanol–water partition coefficient (Wildman–Crippen LogP) is 3.67. The van der Waals surface area contributed by atoms with Crippen LogP contribution in [0.1, 0.15) is 52.5 Å². The van der Waals surface area contributed by atoms with Crippen LogP contribution in [0.4, 0.5) is 14.9 Å². The van der Waals surface area contributed by atoms with E-state index in [9.17, 15) is 28.9 Å². The van der Waals surface area contributed by atoms with Crippen LogP contribution >= 0.6 is 11.3 Å². The molecule has 1 aromatic carbocycles. The van der Waals surface area contributed by atoms with Crippen LogP contribution in [0.3, 0.4) is 0 Å². The topological polar surface area (TPSA) is 123 Å². The number of halogens is 1. The number of urea groups is 1. The maximum Gasteiger partial charge on any atom is 0.322 e. The molecule has 0 saturated heterocycles. The van der Waals surface area contributed by atoms with Gasteiger partial charge in [0, 0.05) is 10.6 Å². The van der Waals surface area contributed by atoms with Crippen LogP contribution in [0.25, 0.3) is 0 Å². The molecule has 1 atom stereocenters. The molecule has 164 valence electrons. The fourth-order valence-electron chi connectivity index (χ4n) is 4.30. The summed E-state index contributed by atoms with van der Waals surface area (Å²) in [4.78, 5) is 12.7. The summed E-state index contributed by atoms with van der Waals surface area (Å²) in [5.41, 5.74) is 3.52. The number of anilines is 1. The van der Waals surface area contributed by atoms with E-state index in [0.29, 0.717) is 17.0 Å². The maximum atomic E-state index is 14.2. The predicted molar refractivity (Wildman–Crippen MR) is 114 cm³/mol. The van der Waals surface area contributed by atoms with Gasteiger partial charge in [0.05, 0.1) is 18.2 Å². The van der Waals surface area contributed by atoms with Crippen LogP contribution in [0.2, 0.25) is 0 Å². The number of nitrogens with one attached hydrogen (secondary N) is 1.